The lowest BCUT2D eigenvalue weighted by molar-refractivity contribution is 0.0733. The number of esters is 1. The summed E-state index contributed by atoms with van der Waals surface area (Å²) in [5, 5.41) is 8.95. The molecule has 0 saturated carbocycles. The lowest BCUT2D eigenvalue weighted by atomic mass is 10.1. The molecule has 0 saturated heterocycles. The first-order valence-electron chi connectivity index (χ1n) is 18.5. The summed E-state index contributed by atoms with van der Waals surface area (Å²) in [6, 6.07) is 20.8. The van der Waals surface area contributed by atoms with E-state index in [1.165, 1.54) is 83.1 Å². The Bertz CT molecular complexity index is 1410. The summed E-state index contributed by atoms with van der Waals surface area (Å²) >= 11 is 0. The Morgan fingerprint density at radius 3 is 1.57 bits per heavy atom. The molecule has 0 heterocycles. The van der Waals surface area contributed by atoms with Crippen LogP contribution in [0.3, 0.4) is 0 Å². The van der Waals surface area contributed by atoms with Crippen molar-refractivity contribution in [2.75, 3.05) is 13.2 Å². The van der Waals surface area contributed by atoms with Gasteiger partial charge < -0.3 is 14.2 Å². The molecule has 0 fully saturated rings. The van der Waals surface area contributed by atoms with Gasteiger partial charge in [0.15, 0.2) is 5.78 Å². The SMILES string of the molecule is CCCCCCCCCCOc1cc(OCCCCCCCCCC)cc(C(=O)Oc2ccc(/C=C/C(=O)c3ccc(C#N)cc3)cc2)c1. The van der Waals surface area contributed by atoms with E-state index >= 15 is 0 Å². The molecule has 0 N–H and O–H groups in total. The number of carbonyl (C=O) groups excluding carboxylic acids is 2. The van der Waals surface area contributed by atoms with Gasteiger partial charge in [-0.1, -0.05) is 122 Å². The number of rotatable bonds is 25. The van der Waals surface area contributed by atoms with Crippen LogP contribution in [-0.4, -0.2) is 25.0 Å². The van der Waals surface area contributed by atoms with Crippen LogP contribution in [0.2, 0.25) is 0 Å². The predicted molar refractivity (Wildman–Crippen MR) is 199 cm³/mol. The van der Waals surface area contributed by atoms with Gasteiger partial charge in [0.05, 0.1) is 30.4 Å². The molecule has 0 aliphatic carbocycles. The molecule has 0 bridgehead atoms. The van der Waals surface area contributed by atoms with Gasteiger partial charge in [-0.2, -0.15) is 5.26 Å². The minimum Gasteiger partial charge on any atom is -0.493 e. The minimum absolute atomic E-state index is 0.162. The molecular formula is C43H55NO5. The van der Waals surface area contributed by atoms with Gasteiger partial charge in [0.2, 0.25) is 0 Å². The normalized spacial score (nSPS) is 11.0. The highest BCUT2D eigenvalue weighted by Gasteiger charge is 2.14. The average Bonchev–Trinajstić information content (AvgIpc) is 3.13. The quantitative estimate of drug-likeness (QED) is 0.0294. The van der Waals surface area contributed by atoms with Crippen molar-refractivity contribution in [3.05, 3.63) is 95.1 Å². The second-order valence-electron chi connectivity index (χ2n) is 12.7. The summed E-state index contributed by atoms with van der Waals surface area (Å²) in [5.74, 6) is 0.956. The highest BCUT2D eigenvalue weighted by Crippen LogP contribution is 2.26. The van der Waals surface area contributed by atoms with Crippen molar-refractivity contribution < 1.29 is 23.8 Å². The predicted octanol–water partition coefficient (Wildman–Crippen LogP) is 11.7. The zero-order valence-electron chi connectivity index (χ0n) is 29.7. The number of ketones is 1. The van der Waals surface area contributed by atoms with Crippen LogP contribution in [-0.2, 0) is 0 Å². The van der Waals surface area contributed by atoms with Gasteiger partial charge in [-0.05, 0) is 73.0 Å². The van der Waals surface area contributed by atoms with Crippen LogP contribution in [0.1, 0.15) is 148 Å². The van der Waals surface area contributed by atoms with E-state index in [9.17, 15) is 9.59 Å². The van der Waals surface area contributed by atoms with Gasteiger partial charge in [-0.15, -0.1) is 0 Å². The standard InChI is InChI=1S/C43H55NO5/c1-3-5-7-9-11-13-15-17-29-47-40-31-38(32-41(33-40)48-30-18-16-14-12-10-8-6-4-2)43(46)49-39-26-21-35(22-27-39)23-28-42(45)37-24-19-36(34-44)20-25-37/h19-28,31-33H,3-18,29-30H2,1-2H3/b28-23+. The van der Waals surface area contributed by atoms with Crippen molar-refractivity contribution in [1.29, 1.82) is 5.26 Å². The second kappa shape index (κ2) is 23.9. The third-order valence-electron chi connectivity index (χ3n) is 8.47. The van der Waals surface area contributed by atoms with Crippen molar-refractivity contribution in [3.63, 3.8) is 0 Å². The molecule has 3 aromatic rings. The molecule has 0 radical (unpaired) electrons. The largest absolute Gasteiger partial charge is 0.493 e. The molecule has 0 aromatic heterocycles. The van der Waals surface area contributed by atoms with E-state index in [2.05, 4.69) is 13.8 Å². The molecule has 0 spiro atoms. The number of benzene rings is 3. The van der Waals surface area contributed by atoms with Crippen molar-refractivity contribution in [3.8, 4) is 23.3 Å². The van der Waals surface area contributed by atoms with Crippen LogP contribution in [0.15, 0.2) is 72.8 Å². The Hall–Kier alpha value is -4.37. The number of nitriles is 1. The second-order valence-corrected chi connectivity index (χ2v) is 12.7. The molecule has 0 aliphatic rings. The van der Waals surface area contributed by atoms with E-state index in [0.717, 1.165) is 31.2 Å². The van der Waals surface area contributed by atoms with Gasteiger partial charge in [-0.3, -0.25) is 4.79 Å². The van der Waals surface area contributed by atoms with E-state index < -0.39 is 5.97 Å². The van der Waals surface area contributed by atoms with E-state index in [4.69, 9.17) is 19.5 Å². The van der Waals surface area contributed by atoms with Crippen LogP contribution in [0.5, 0.6) is 17.2 Å². The summed E-state index contributed by atoms with van der Waals surface area (Å²) in [6.45, 7) is 5.66. The lowest BCUT2D eigenvalue weighted by Gasteiger charge is -2.13. The number of nitrogens with zero attached hydrogens (tertiary/aromatic N) is 1. The molecule has 262 valence electrons. The summed E-state index contributed by atoms with van der Waals surface area (Å²) in [5.41, 5.74) is 2.17. The van der Waals surface area contributed by atoms with Gasteiger partial charge in [-0.25, -0.2) is 4.79 Å². The van der Waals surface area contributed by atoms with E-state index in [-0.39, 0.29) is 5.78 Å². The van der Waals surface area contributed by atoms with Gasteiger partial charge in [0.1, 0.15) is 17.2 Å². The van der Waals surface area contributed by atoms with Crippen molar-refractivity contribution >= 4 is 17.8 Å². The fourth-order valence-corrected chi connectivity index (χ4v) is 5.50. The molecule has 6 nitrogen and oxygen atoms in total. The number of allylic oxidation sites excluding steroid dienone is 1. The van der Waals surface area contributed by atoms with Crippen LogP contribution in [0.25, 0.3) is 6.08 Å². The van der Waals surface area contributed by atoms with Gasteiger partial charge in [0.25, 0.3) is 0 Å². The molecule has 3 rings (SSSR count). The Balaban J connectivity index is 1.55. The summed E-state index contributed by atoms with van der Waals surface area (Å²) in [6.07, 6.45) is 22.8. The third kappa shape index (κ3) is 16.1. The Kier molecular flexibility index (Phi) is 19.0. The molecular weight excluding hydrogens is 610 g/mol. The molecule has 0 atom stereocenters. The van der Waals surface area contributed by atoms with E-state index in [1.807, 2.05) is 12.1 Å². The monoisotopic (exact) mass is 665 g/mol. The maximum Gasteiger partial charge on any atom is 0.343 e. The van der Waals surface area contributed by atoms with Gasteiger partial charge in [0, 0.05) is 11.6 Å². The first-order valence-corrected chi connectivity index (χ1v) is 18.5. The van der Waals surface area contributed by atoms with Crippen molar-refractivity contribution in [2.24, 2.45) is 0 Å². The van der Waals surface area contributed by atoms with Crippen LogP contribution in [0, 0.1) is 11.3 Å². The molecule has 0 aliphatic heterocycles. The number of hydrogen-bond donors (Lipinski definition) is 0. The fourth-order valence-electron chi connectivity index (χ4n) is 5.50. The average molecular weight is 666 g/mol. The fraction of sp³-hybridized carbons (Fsp3) is 0.465. The maximum absolute atomic E-state index is 13.3. The van der Waals surface area contributed by atoms with Crippen molar-refractivity contribution in [1.82, 2.24) is 0 Å². The Labute approximate surface area is 294 Å². The zero-order valence-corrected chi connectivity index (χ0v) is 29.7. The first kappa shape index (κ1) is 39.1. The van der Waals surface area contributed by atoms with Crippen LogP contribution >= 0.6 is 0 Å². The number of carbonyl (C=O) groups is 2. The highest BCUT2D eigenvalue weighted by molar-refractivity contribution is 6.06. The molecule has 0 unspecified atom stereocenters. The summed E-state index contributed by atoms with van der Waals surface area (Å²) in [7, 11) is 0. The van der Waals surface area contributed by atoms with Crippen molar-refractivity contribution in [2.45, 2.75) is 117 Å². The smallest absolute Gasteiger partial charge is 0.343 e. The summed E-state index contributed by atoms with van der Waals surface area (Å²) in [4.78, 5) is 25.8. The number of unbranched alkanes of at least 4 members (excludes halogenated alkanes) is 14. The summed E-state index contributed by atoms with van der Waals surface area (Å²) < 4.78 is 17.9. The number of hydrogen-bond acceptors (Lipinski definition) is 6. The minimum atomic E-state index is -0.492. The van der Waals surface area contributed by atoms with E-state index in [0.29, 0.717) is 47.2 Å². The van der Waals surface area contributed by atoms with Crippen LogP contribution in [0.4, 0.5) is 0 Å². The number of ether oxygens (including phenoxy) is 3. The Morgan fingerprint density at radius 1 is 0.592 bits per heavy atom. The van der Waals surface area contributed by atoms with Gasteiger partial charge >= 0.3 is 5.97 Å². The molecule has 0 amide bonds. The Morgan fingerprint density at radius 2 is 1.08 bits per heavy atom. The topological polar surface area (TPSA) is 85.6 Å². The molecule has 6 heteroatoms. The maximum atomic E-state index is 13.3. The molecule has 3 aromatic carbocycles. The third-order valence-corrected chi connectivity index (χ3v) is 8.47. The highest BCUT2D eigenvalue weighted by atomic mass is 16.5. The zero-order chi connectivity index (χ0) is 34.9. The van der Waals surface area contributed by atoms with Crippen LogP contribution < -0.4 is 14.2 Å². The first-order chi connectivity index (χ1) is 24.0. The lowest BCUT2D eigenvalue weighted by Crippen LogP contribution is -2.10. The van der Waals surface area contributed by atoms with E-state index in [1.54, 1.807) is 66.7 Å². The molecule has 49 heavy (non-hydrogen) atoms.